The molecule has 2 fully saturated rings. The summed E-state index contributed by atoms with van der Waals surface area (Å²) in [7, 11) is 0. The van der Waals surface area contributed by atoms with E-state index in [1.807, 2.05) is 30.3 Å². The van der Waals surface area contributed by atoms with Crippen molar-refractivity contribution in [2.75, 3.05) is 26.4 Å². The fourth-order valence-corrected chi connectivity index (χ4v) is 2.23. The summed E-state index contributed by atoms with van der Waals surface area (Å²) in [5.74, 6) is 5.10. The van der Waals surface area contributed by atoms with Crippen LogP contribution in [0.15, 0.2) is 30.3 Å². The standard InChI is InChI=1S/C12H16N2O3.C4H10N2O.ClH/c15-12(14-13-11-6-7-16-9-11)17-8-10-4-2-1-3-5-10;5-6-4-1-2-7-3-4;/h1-5,11,13H,6-9H2,(H,14,15);4,6H,1-3,5H2;1H/t11-;4-;/m00./s1. The number of nitrogens with one attached hydrogen (secondary N) is 3. The second kappa shape index (κ2) is 12.9. The Hall–Kier alpha value is -1.42. The number of rotatable bonds is 5. The zero-order valence-corrected chi connectivity index (χ0v) is 14.9. The normalized spacial score (nSPS) is 21.6. The molecule has 2 aliphatic heterocycles. The Labute approximate surface area is 154 Å². The summed E-state index contributed by atoms with van der Waals surface area (Å²) in [5, 5.41) is 0. The number of benzene rings is 1. The van der Waals surface area contributed by atoms with Gasteiger partial charge in [0.15, 0.2) is 0 Å². The van der Waals surface area contributed by atoms with Gasteiger partial charge >= 0.3 is 6.09 Å². The van der Waals surface area contributed by atoms with Crippen LogP contribution in [0.3, 0.4) is 0 Å². The minimum absolute atomic E-state index is 0. The molecule has 1 aromatic rings. The number of carbonyl (C=O) groups is 1. The van der Waals surface area contributed by atoms with Crippen molar-refractivity contribution in [1.29, 1.82) is 0 Å². The molecular formula is C16H27ClN4O4. The van der Waals surface area contributed by atoms with Crippen LogP contribution in [-0.2, 0) is 20.8 Å². The van der Waals surface area contributed by atoms with Crippen molar-refractivity contribution in [2.45, 2.75) is 31.5 Å². The molecule has 0 unspecified atom stereocenters. The SMILES string of the molecule is Cl.NN[C@H]1CCOC1.O=C(NN[C@H]1CCOC1)OCc1ccccc1. The van der Waals surface area contributed by atoms with Crippen LogP contribution in [0.5, 0.6) is 0 Å². The number of ether oxygens (including phenoxy) is 3. The van der Waals surface area contributed by atoms with Gasteiger partial charge in [0.2, 0.25) is 0 Å². The Morgan fingerprint density at radius 2 is 1.76 bits per heavy atom. The van der Waals surface area contributed by atoms with Gasteiger partial charge in [0.05, 0.1) is 19.3 Å². The maximum atomic E-state index is 11.3. The van der Waals surface area contributed by atoms with Gasteiger partial charge in [0.25, 0.3) is 0 Å². The largest absolute Gasteiger partial charge is 0.444 e. The van der Waals surface area contributed by atoms with Gasteiger partial charge in [-0.05, 0) is 18.4 Å². The summed E-state index contributed by atoms with van der Waals surface area (Å²) in [4.78, 5) is 11.3. The first-order valence-electron chi connectivity index (χ1n) is 8.11. The van der Waals surface area contributed by atoms with Crippen LogP contribution >= 0.6 is 12.4 Å². The van der Waals surface area contributed by atoms with Gasteiger partial charge in [-0.15, -0.1) is 12.4 Å². The van der Waals surface area contributed by atoms with Crippen molar-refractivity contribution in [3.8, 4) is 0 Å². The summed E-state index contributed by atoms with van der Waals surface area (Å²) < 4.78 is 15.2. The number of amides is 1. The summed E-state index contributed by atoms with van der Waals surface area (Å²) in [6, 6.07) is 10.1. The lowest BCUT2D eigenvalue weighted by molar-refractivity contribution is 0.131. The second-order valence-corrected chi connectivity index (χ2v) is 5.62. The first-order valence-corrected chi connectivity index (χ1v) is 8.11. The lowest BCUT2D eigenvalue weighted by atomic mass is 10.2. The highest BCUT2D eigenvalue weighted by molar-refractivity contribution is 5.85. The molecule has 0 saturated carbocycles. The summed E-state index contributed by atoms with van der Waals surface area (Å²) in [5.41, 5.74) is 8.98. The highest BCUT2D eigenvalue weighted by Gasteiger charge is 2.15. The molecule has 8 nitrogen and oxygen atoms in total. The lowest BCUT2D eigenvalue weighted by Crippen LogP contribution is -2.44. The Morgan fingerprint density at radius 1 is 1.12 bits per heavy atom. The first kappa shape index (κ1) is 21.6. The Morgan fingerprint density at radius 3 is 2.28 bits per heavy atom. The van der Waals surface area contributed by atoms with Gasteiger partial charge in [-0.2, -0.15) is 0 Å². The van der Waals surface area contributed by atoms with Gasteiger partial charge in [-0.25, -0.2) is 10.2 Å². The van der Waals surface area contributed by atoms with E-state index in [-0.39, 0.29) is 25.1 Å². The Kier molecular flexibility index (Phi) is 11.1. The zero-order valence-electron chi connectivity index (χ0n) is 14.1. The van der Waals surface area contributed by atoms with E-state index in [0.717, 1.165) is 38.2 Å². The molecule has 2 aliphatic rings. The topological polar surface area (TPSA) is 107 Å². The lowest BCUT2D eigenvalue weighted by Gasteiger charge is -2.12. The molecule has 3 rings (SSSR count). The molecule has 9 heteroatoms. The molecule has 5 N–H and O–H groups in total. The van der Waals surface area contributed by atoms with Crippen LogP contribution in [0.1, 0.15) is 18.4 Å². The number of halogens is 1. The highest BCUT2D eigenvalue weighted by Crippen LogP contribution is 2.03. The van der Waals surface area contributed by atoms with Crippen molar-refractivity contribution < 1.29 is 19.0 Å². The maximum absolute atomic E-state index is 11.3. The molecule has 2 heterocycles. The van der Waals surface area contributed by atoms with E-state index >= 15 is 0 Å². The molecule has 0 bridgehead atoms. The van der Waals surface area contributed by atoms with Gasteiger partial charge < -0.3 is 14.2 Å². The van der Waals surface area contributed by atoms with Crippen LogP contribution in [0.2, 0.25) is 0 Å². The van der Waals surface area contributed by atoms with E-state index in [2.05, 4.69) is 16.3 Å². The highest BCUT2D eigenvalue weighted by atomic mass is 35.5. The van der Waals surface area contributed by atoms with E-state index in [4.69, 9.17) is 20.1 Å². The van der Waals surface area contributed by atoms with E-state index in [9.17, 15) is 4.79 Å². The molecule has 2 atom stereocenters. The maximum Gasteiger partial charge on any atom is 0.421 e. The van der Waals surface area contributed by atoms with Crippen LogP contribution < -0.4 is 22.1 Å². The molecule has 142 valence electrons. The van der Waals surface area contributed by atoms with Crippen LogP contribution in [-0.4, -0.2) is 44.6 Å². The summed E-state index contributed by atoms with van der Waals surface area (Å²) in [6.07, 6.45) is 1.48. The minimum Gasteiger partial charge on any atom is -0.444 e. The van der Waals surface area contributed by atoms with E-state index in [0.29, 0.717) is 12.6 Å². The third-order valence-corrected chi connectivity index (χ3v) is 3.69. The molecule has 1 aromatic carbocycles. The monoisotopic (exact) mass is 374 g/mol. The average molecular weight is 375 g/mol. The number of carbonyl (C=O) groups excluding carboxylic acids is 1. The molecule has 25 heavy (non-hydrogen) atoms. The Bertz CT molecular complexity index is 468. The van der Waals surface area contributed by atoms with Gasteiger partial charge in [-0.3, -0.25) is 16.7 Å². The Balaban J connectivity index is 0.000000330. The number of hydrogen-bond donors (Lipinski definition) is 4. The number of hydrazine groups is 2. The van der Waals surface area contributed by atoms with Crippen LogP contribution in [0.4, 0.5) is 4.79 Å². The van der Waals surface area contributed by atoms with Crippen LogP contribution in [0.25, 0.3) is 0 Å². The predicted octanol–water partition coefficient (Wildman–Crippen LogP) is 0.867. The molecule has 1 amide bonds. The van der Waals surface area contributed by atoms with E-state index in [1.54, 1.807) is 0 Å². The van der Waals surface area contributed by atoms with Crippen molar-refractivity contribution in [2.24, 2.45) is 5.84 Å². The zero-order chi connectivity index (χ0) is 17.0. The molecule has 0 aliphatic carbocycles. The molecule has 0 radical (unpaired) electrons. The predicted molar refractivity (Wildman–Crippen MR) is 95.9 cm³/mol. The smallest absolute Gasteiger partial charge is 0.421 e. The van der Waals surface area contributed by atoms with Crippen molar-refractivity contribution in [3.63, 3.8) is 0 Å². The van der Waals surface area contributed by atoms with Gasteiger partial charge in [0.1, 0.15) is 6.61 Å². The average Bonchev–Trinajstić information content (AvgIpc) is 3.33. The van der Waals surface area contributed by atoms with Crippen molar-refractivity contribution in [1.82, 2.24) is 16.3 Å². The van der Waals surface area contributed by atoms with Crippen molar-refractivity contribution in [3.05, 3.63) is 35.9 Å². The summed E-state index contributed by atoms with van der Waals surface area (Å²) >= 11 is 0. The molecule has 0 spiro atoms. The van der Waals surface area contributed by atoms with Crippen molar-refractivity contribution >= 4 is 18.5 Å². The van der Waals surface area contributed by atoms with E-state index in [1.165, 1.54) is 0 Å². The van der Waals surface area contributed by atoms with E-state index < -0.39 is 6.09 Å². The van der Waals surface area contributed by atoms with Gasteiger partial charge in [-0.1, -0.05) is 30.3 Å². The summed E-state index contributed by atoms with van der Waals surface area (Å²) in [6.45, 7) is 3.26. The molecule has 2 saturated heterocycles. The first-order chi connectivity index (χ1) is 11.8. The molecule has 0 aromatic heterocycles. The quantitative estimate of drug-likeness (QED) is 0.447. The number of nitrogens with two attached hydrogens (primary N) is 1. The fourth-order valence-electron chi connectivity index (χ4n) is 2.23. The third-order valence-electron chi connectivity index (χ3n) is 3.69. The molecular weight excluding hydrogens is 348 g/mol. The fraction of sp³-hybridized carbons (Fsp3) is 0.562. The third kappa shape index (κ3) is 9.01. The van der Waals surface area contributed by atoms with Gasteiger partial charge in [0, 0.05) is 19.3 Å². The second-order valence-electron chi connectivity index (χ2n) is 5.62. The van der Waals surface area contributed by atoms with Crippen LogP contribution in [0, 0.1) is 0 Å². The number of hydrogen-bond acceptors (Lipinski definition) is 7. The minimum atomic E-state index is -0.472.